The van der Waals surface area contributed by atoms with Crippen molar-refractivity contribution in [2.45, 2.75) is 31.7 Å². The second-order valence-electron chi connectivity index (χ2n) is 9.24. The van der Waals surface area contributed by atoms with E-state index in [9.17, 15) is 9.59 Å². The van der Waals surface area contributed by atoms with Crippen molar-refractivity contribution in [3.05, 3.63) is 89.1 Å². The summed E-state index contributed by atoms with van der Waals surface area (Å²) in [5.41, 5.74) is 4.82. The van der Waals surface area contributed by atoms with Crippen LogP contribution in [0.4, 0.5) is 11.4 Å². The number of ketones is 1. The molecule has 2 atom stereocenters. The van der Waals surface area contributed by atoms with Crippen molar-refractivity contribution in [1.29, 1.82) is 0 Å². The van der Waals surface area contributed by atoms with Crippen molar-refractivity contribution in [2.24, 2.45) is 0 Å². The average Bonchev–Trinajstić information content (AvgIpc) is 3.07. The molecule has 190 valence electrons. The smallest absolute Gasteiger partial charge is 0.224 e. The normalized spacial score (nSPS) is 18.8. The number of hydrogen-bond donors (Lipinski definition) is 1. The van der Waals surface area contributed by atoms with E-state index in [0.29, 0.717) is 35.7 Å². The lowest BCUT2D eigenvalue weighted by atomic mass is 9.78. The van der Waals surface area contributed by atoms with Gasteiger partial charge in [0.15, 0.2) is 17.3 Å². The Balaban J connectivity index is 1.65. The lowest BCUT2D eigenvalue weighted by molar-refractivity contribution is -0.117. The van der Waals surface area contributed by atoms with Gasteiger partial charge in [0, 0.05) is 24.6 Å². The first-order valence-electron chi connectivity index (χ1n) is 12.2. The number of nitrogens with one attached hydrogen (secondary N) is 1. The van der Waals surface area contributed by atoms with Gasteiger partial charge in [0.1, 0.15) is 5.75 Å². The van der Waals surface area contributed by atoms with Crippen LogP contribution in [0.2, 0.25) is 0 Å². The largest absolute Gasteiger partial charge is 0.497 e. The molecule has 37 heavy (non-hydrogen) atoms. The maximum Gasteiger partial charge on any atom is 0.224 e. The summed E-state index contributed by atoms with van der Waals surface area (Å²) in [7, 11) is 4.82. The van der Waals surface area contributed by atoms with Crippen LogP contribution < -0.4 is 24.4 Å². The number of para-hydroxylation sites is 2. The fraction of sp³-hybridized carbons (Fsp3) is 0.267. The minimum Gasteiger partial charge on any atom is -0.497 e. The van der Waals surface area contributed by atoms with Gasteiger partial charge in [0.25, 0.3) is 0 Å². The molecule has 3 aromatic carbocycles. The summed E-state index contributed by atoms with van der Waals surface area (Å²) in [5.74, 6) is 1.80. The predicted octanol–water partition coefficient (Wildman–Crippen LogP) is 5.63. The predicted molar refractivity (Wildman–Crippen MR) is 143 cm³/mol. The topological polar surface area (TPSA) is 77.1 Å². The highest BCUT2D eigenvalue weighted by Gasteiger charge is 2.40. The molecule has 7 nitrogen and oxygen atoms in total. The summed E-state index contributed by atoms with van der Waals surface area (Å²) >= 11 is 0. The van der Waals surface area contributed by atoms with Crippen LogP contribution in [0, 0.1) is 0 Å². The Bertz CT molecular complexity index is 1380. The van der Waals surface area contributed by atoms with E-state index in [1.165, 1.54) is 0 Å². The van der Waals surface area contributed by atoms with E-state index in [4.69, 9.17) is 14.2 Å². The molecular weight excluding hydrogens is 468 g/mol. The van der Waals surface area contributed by atoms with Crippen LogP contribution in [-0.2, 0) is 9.59 Å². The van der Waals surface area contributed by atoms with Crippen molar-refractivity contribution in [1.82, 2.24) is 0 Å². The highest BCUT2D eigenvalue weighted by atomic mass is 16.5. The highest BCUT2D eigenvalue weighted by Crippen LogP contribution is 2.48. The summed E-state index contributed by atoms with van der Waals surface area (Å²) in [5, 5.41) is 3.53. The summed E-state index contributed by atoms with van der Waals surface area (Å²) < 4.78 is 16.3. The summed E-state index contributed by atoms with van der Waals surface area (Å²) in [6.07, 6.45) is 0.939. The van der Waals surface area contributed by atoms with E-state index in [1.54, 1.807) is 33.2 Å². The number of allylic oxidation sites excluding steroid dienone is 1. The third kappa shape index (κ3) is 4.42. The highest BCUT2D eigenvalue weighted by molar-refractivity contribution is 6.06. The molecule has 1 aliphatic heterocycles. The molecule has 0 fully saturated rings. The number of hydrogen-bond acceptors (Lipinski definition) is 6. The van der Waals surface area contributed by atoms with Crippen LogP contribution in [0.5, 0.6) is 17.2 Å². The average molecular weight is 499 g/mol. The SMILES string of the molecule is COc1ccc([C@H]2C3=C(C[C@@H](c4ccc(OC)c(OC)c4)CC3=O)Nc3ccccc3N2C(C)=O)cc1. The van der Waals surface area contributed by atoms with Crippen molar-refractivity contribution in [3.8, 4) is 17.2 Å². The molecular formula is C30H30N2O5. The van der Waals surface area contributed by atoms with Crippen molar-refractivity contribution in [3.63, 3.8) is 0 Å². The van der Waals surface area contributed by atoms with E-state index in [2.05, 4.69) is 5.32 Å². The van der Waals surface area contributed by atoms with Gasteiger partial charge in [-0.25, -0.2) is 0 Å². The molecule has 0 saturated heterocycles. The molecule has 1 aliphatic carbocycles. The molecule has 7 heteroatoms. The molecule has 0 radical (unpaired) electrons. The minimum atomic E-state index is -0.562. The number of anilines is 2. The lowest BCUT2D eigenvalue weighted by Crippen LogP contribution is -2.37. The summed E-state index contributed by atoms with van der Waals surface area (Å²) in [4.78, 5) is 28.8. The van der Waals surface area contributed by atoms with Crippen molar-refractivity contribution in [2.75, 3.05) is 31.5 Å². The lowest BCUT2D eigenvalue weighted by Gasteiger charge is -2.34. The molecule has 0 bridgehead atoms. The van der Waals surface area contributed by atoms with E-state index in [1.807, 2.05) is 66.7 Å². The van der Waals surface area contributed by atoms with Gasteiger partial charge >= 0.3 is 0 Å². The molecule has 5 rings (SSSR count). The zero-order valence-corrected chi connectivity index (χ0v) is 21.4. The van der Waals surface area contributed by atoms with Crippen LogP contribution >= 0.6 is 0 Å². The maximum absolute atomic E-state index is 14.0. The zero-order chi connectivity index (χ0) is 26.1. The maximum atomic E-state index is 14.0. The number of benzene rings is 3. The van der Waals surface area contributed by atoms with Crippen LogP contribution in [0.1, 0.15) is 42.9 Å². The third-order valence-corrected chi connectivity index (χ3v) is 7.14. The van der Waals surface area contributed by atoms with Gasteiger partial charge in [0.2, 0.25) is 5.91 Å². The molecule has 1 N–H and O–H groups in total. The van der Waals surface area contributed by atoms with Crippen LogP contribution in [0.3, 0.4) is 0 Å². The Morgan fingerprint density at radius 3 is 2.24 bits per heavy atom. The molecule has 3 aromatic rings. The van der Waals surface area contributed by atoms with Gasteiger partial charge in [-0.15, -0.1) is 0 Å². The molecule has 0 aromatic heterocycles. The van der Waals surface area contributed by atoms with E-state index >= 15 is 0 Å². The van der Waals surface area contributed by atoms with E-state index < -0.39 is 6.04 Å². The minimum absolute atomic E-state index is 0.00779. The third-order valence-electron chi connectivity index (χ3n) is 7.14. The number of carbonyl (C=O) groups excluding carboxylic acids is 2. The van der Waals surface area contributed by atoms with E-state index in [0.717, 1.165) is 28.2 Å². The number of ether oxygens (including phenoxy) is 3. The number of nitrogens with zero attached hydrogens (tertiary/aromatic N) is 1. The molecule has 0 unspecified atom stereocenters. The molecule has 1 heterocycles. The number of rotatable bonds is 5. The fourth-order valence-corrected chi connectivity index (χ4v) is 5.38. The van der Waals surface area contributed by atoms with Gasteiger partial charge in [0.05, 0.1) is 38.7 Å². The zero-order valence-electron chi connectivity index (χ0n) is 21.4. The van der Waals surface area contributed by atoms with Crippen LogP contribution in [-0.4, -0.2) is 33.0 Å². The first-order valence-corrected chi connectivity index (χ1v) is 12.2. The van der Waals surface area contributed by atoms with Gasteiger partial charge in [-0.1, -0.05) is 30.3 Å². The van der Waals surface area contributed by atoms with Gasteiger partial charge in [-0.2, -0.15) is 0 Å². The van der Waals surface area contributed by atoms with Gasteiger partial charge in [-0.05, 0) is 59.9 Å². The molecule has 1 amide bonds. The number of fused-ring (bicyclic) bond motifs is 1. The number of methoxy groups -OCH3 is 3. The monoisotopic (exact) mass is 498 g/mol. The van der Waals surface area contributed by atoms with Crippen molar-refractivity contribution >= 4 is 23.1 Å². The van der Waals surface area contributed by atoms with Crippen molar-refractivity contribution < 1.29 is 23.8 Å². The second kappa shape index (κ2) is 10.0. The Labute approximate surface area is 216 Å². The second-order valence-corrected chi connectivity index (χ2v) is 9.24. The van der Waals surface area contributed by atoms with Gasteiger partial charge < -0.3 is 19.5 Å². The van der Waals surface area contributed by atoms with E-state index in [-0.39, 0.29) is 17.6 Å². The van der Waals surface area contributed by atoms with Crippen LogP contribution in [0.15, 0.2) is 78.0 Å². The Kier molecular flexibility index (Phi) is 6.61. The summed E-state index contributed by atoms with van der Waals surface area (Å²) in [6, 6.07) is 20.5. The number of Topliss-reactive ketones (excluding diaryl/α,β-unsaturated/α-hetero) is 1. The first-order chi connectivity index (χ1) is 17.9. The molecule has 0 spiro atoms. The fourth-order valence-electron chi connectivity index (χ4n) is 5.38. The molecule has 0 saturated carbocycles. The number of carbonyl (C=O) groups is 2. The Morgan fingerprint density at radius 1 is 0.865 bits per heavy atom. The van der Waals surface area contributed by atoms with Crippen LogP contribution in [0.25, 0.3) is 0 Å². The standard InChI is InChI=1S/C30H30N2O5/c1-18(33)32-25-8-6-5-7-23(25)31-24-15-21(20-11-14-27(36-3)28(17-20)37-4)16-26(34)29(24)30(32)19-9-12-22(35-2)13-10-19/h5-14,17,21,30-31H,15-16H2,1-4H3/t21-,30+/m1/s1. The molecule has 2 aliphatic rings. The quantitative estimate of drug-likeness (QED) is 0.491. The summed E-state index contributed by atoms with van der Waals surface area (Å²) in [6.45, 7) is 1.54. The Hall–Kier alpha value is -4.26. The first kappa shape index (κ1) is 24.4. The number of amides is 1. The van der Waals surface area contributed by atoms with Gasteiger partial charge in [-0.3, -0.25) is 14.5 Å². The Morgan fingerprint density at radius 2 is 1.57 bits per heavy atom.